The molecule has 0 aliphatic carbocycles. The Kier molecular flexibility index (Phi) is 0.755. The minimum Gasteiger partial charge on any atom is -0.347 e. The molecule has 0 aromatic heterocycles. The summed E-state index contributed by atoms with van der Waals surface area (Å²) in [6, 6.07) is 0. The fraction of sp³-hybridized carbons (Fsp3) is 1.00. The minimum atomic E-state index is -0.382. The molecule has 1 heterocycles. The van der Waals surface area contributed by atoms with Crippen molar-refractivity contribution in [2.24, 2.45) is 0 Å². The summed E-state index contributed by atoms with van der Waals surface area (Å²) in [6.07, 6.45) is 0. The summed E-state index contributed by atoms with van der Waals surface area (Å²) < 4.78 is 5.06. The van der Waals surface area contributed by atoms with Crippen molar-refractivity contribution in [3.8, 4) is 0 Å². The summed E-state index contributed by atoms with van der Waals surface area (Å²) in [4.78, 5) is 0. The Morgan fingerprint density at radius 3 is 1.43 bits per heavy atom. The van der Waals surface area contributed by atoms with Gasteiger partial charge in [0.15, 0.2) is 5.06 Å². The quantitative estimate of drug-likeness (QED) is 0.351. The van der Waals surface area contributed by atoms with Gasteiger partial charge in [-0.3, -0.25) is 0 Å². The molecule has 0 N–H and O–H groups in total. The third-order valence-corrected chi connectivity index (χ3v) is 2.01. The number of hydrogen-bond donors (Lipinski definition) is 0. The van der Waals surface area contributed by atoms with Gasteiger partial charge in [-0.25, -0.2) is 0 Å². The lowest BCUT2D eigenvalue weighted by molar-refractivity contribution is 0.318. The molecule has 1 rings (SSSR count). The van der Waals surface area contributed by atoms with Crippen LogP contribution in [0.4, 0.5) is 0 Å². The molecule has 0 saturated carbocycles. The smallest absolute Gasteiger partial charge is 0.168 e. The molecular weight excluding hydrogens is 112 g/mol. The number of epoxide rings is 1. The average Bonchev–Trinajstić information content (AvgIpc) is 1.63. The lowest BCUT2D eigenvalue weighted by Gasteiger charge is -1.92. The molecule has 1 fully saturated rings. The second-order valence-corrected chi connectivity index (χ2v) is 3.25. The van der Waals surface area contributed by atoms with Crippen molar-refractivity contribution in [2.45, 2.75) is 31.4 Å². The van der Waals surface area contributed by atoms with E-state index in [-0.39, 0.29) is 10.7 Å². The Labute approximate surface area is 48.6 Å². The van der Waals surface area contributed by atoms with E-state index in [1.807, 2.05) is 20.8 Å². The Morgan fingerprint density at radius 2 is 1.43 bits per heavy atom. The van der Waals surface area contributed by atoms with Crippen LogP contribution in [0.2, 0.25) is 0 Å². The molecule has 1 nitrogen and oxygen atoms in total. The van der Waals surface area contributed by atoms with E-state index in [9.17, 15) is 0 Å². The normalized spacial score (nSPS) is 46.3. The van der Waals surface area contributed by atoms with E-state index in [4.69, 9.17) is 16.3 Å². The maximum absolute atomic E-state index is 5.71. The van der Waals surface area contributed by atoms with Crippen LogP contribution >= 0.6 is 11.6 Å². The van der Waals surface area contributed by atoms with Crippen LogP contribution in [0.1, 0.15) is 20.8 Å². The molecule has 0 amide bonds. The molecule has 1 aliphatic rings. The lowest BCUT2D eigenvalue weighted by atomic mass is 10.2. The Bertz CT molecular complexity index is 84.3. The second-order valence-electron chi connectivity index (χ2n) is 2.53. The molecule has 2 heteroatoms. The summed E-state index contributed by atoms with van der Waals surface area (Å²) >= 11 is 5.71. The highest BCUT2D eigenvalue weighted by Gasteiger charge is 2.58. The van der Waals surface area contributed by atoms with Crippen LogP contribution in [0.3, 0.4) is 0 Å². The van der Waals surface area contributed by atoms with Gasteiger partial charge in [-0.1, -0.05) is 11.6 Å². The van der Waals surface area contributed by atoms with Gasteiger partial charge in [-0.15, -0.1) is 0 Å². The monoisotopic (exact) mass is 120 g/mol. The fourth-order valence-corrected chi connectivity index (χ4v) is 0.647. The molecule has 1 unspecified atom stereocenters. The molecule has 0 aromatic carbocycles. The number of ether oxygens (including phenoxy) is 1. The maximum Gasteiger partial charge on any atom is 0.168 e. The molecular formula is C5H9ClO. The number of rotatable bonds is 0. The molecule has 0 radical (unpaired) electrons. The highest BCUT2D eigenvalue weighted by atomic mass is 35.5. The summed E-state index contributed by atoms with van der Waals surface area (Å²) in [6.45, 7) is 5.81. The van der Waals surface area contributed by atoms with Crippen molar-refractivity contribution in [3.63, 3.8) is 0 Å². The first-order chi connectivity index (χ1) is 2.96. The van der Waals surface area contributed by atoms with Crippen LogP contribution in [0, 0.1) is 0 Å². The van der Waals surface area contributed by atoms with Crippen molar-refractivity contribution in [1.82, 2.24) is 0 Å². The fourth-order valence-electron chi connectivity index (χ4n) is 0.454. The number of hydrogen-bond acceptors (Lipinski definition) is 1. The molecule has 1 saturated heterocycles. The van der Waals surface area contributed by atoms with E-state index in [1.165, 1.54) is 0 Å². The van der Waals surface area contributed by atoms with E-state index in [0.29, 0.717) is 0 Å². The number of halogens is 1. The summed E-state index contributed by atoms with van der Waals surface area (Å²) in [5.74, 6) is 0. The maximum atomic E-state index is 5.71. The SMILES string of the molecule is CC1(C)OC1(C)Cl. The van der Waals surface area contributed by atoms with Gasteiger partial charge >= 0.3 is 0 Å². The lowest BCUT2D eigenvalue weighted by Crippen LogP contribution is -2.07. The first-order valence-corrected chi connectivity index (χ1v) is 2.73. The van der Waals surface area contributed by atoms with E-state index in [1.54, 1.807) is 0 Å². The highest BCUT2D eigenvalue weighted by molar-refractivity contribution is 6.25. The van der Waals surface area contributed by atoms with Gasteiger partial charge in [0.05, 0.1) is 0 Å². The molecule has 42 valence electrons. The van der Waals surface area contributed by atoms with Crippen LogP contribution in [0.15, 0.2) is 0 Å². The van der Waals surface area contributed by atoms with E-state index in [2.05, 4.69) is 0 Å². The Balaban J connectivity index is 2.59. The van der Waals surface area contributed by atoms with Crippen molar-refractivity contribution >= 4 is 11.6 Å². The van der Waals surface area contributed by atoms with Crippen LogP contribution < -0.4 is 0 Å². The third kappa shape index (κ3) is 0.643. The Hall–Kier alpha value is 0.250. The van der Waals surface area contributed by atoms with E-state index in [0.717, 1.165) is 0 Å². The van der Waals surface area contributed by atoms with E-state index >= 15 is 0 Å². The van der Waals surface area contributed by atoms with Crippen molar-refractivity contribution in [2.75, 3.05) is 0 Å². The molecule has 1 atom stereocenters. The van der Waals surface area contributed by atoms with Gasteiger partial charge in [-0.05, 0) is 20.8 Å². The predicted octanol–water partition coefficient (Wildman–Crippen LogP) is 1.75. The van der Waals surface area contributed by atoms with Crippen LogP contribution in [-0.2, 0) is 4.74 Å². The van der Waals surface area contributed by atoms with Crippen molar-refractivity contribution in [3.05, 3.63) is 0 Å². The minimum absolute atomic E-state index is 0.0887. The molecule has 1 aliphatic heterocycles. The van der Waals surface area contributed by atoms with Crippen molar-refractivity contribution in [1.29, 1.82) is 0 Å². The first-order valence-electron chi connectivity index (χ1n) is 2.35. The van der Waals surface area contributed by atoms with Gasteiger partial charge in [0, 0.05) is 0 Å². The molecule has 0 spiro atoms. The molecule has 0 aromatic rings. The Morgan fingerprint density at radius 1 is 1.29 bits per heavy atom. The van der Waals surface area contributed by atoms with Crippen LogP contribution in [0.25, 0.3) is 0 Å². The van der Waals surface area contributed by atoms with Crippen molar-refractivity contribution < 1.29 is 4.74 Å². The summed E-state index contributed by atoms with van der Waals surface area (Å²) in [7, 11) is 0. The third-order valence-electron chi connectivity index (χ3n) is 1.48. The molecule has 7 heavy (non-hydrogen) atoms. The standard InChI is InChI=1S/C5H9ClO/c1-4(2)5(3,6)7-4/h1-3H3. The summed E-state index contributed by atoms with van der Waals surface area (Å²) in [5, 5.41) is -0.382. The predicted molar refractivity (Wildman–Crippen MR) is 29.4 cm³/mol. The van der Waals surface area contributed by atoms with Crippen LogP contribution in [0.5, 0.6) is 0 Å². The van der Waals surface area contributed by atoms with Gasteiger partial charge in [-0.2, -0.15) is 0 Å². The molecule has 0 bridgehead atoms. The highest BCUT2D eigenvalue weighted by Crippen LogP contribution is 2.50. The zero-order valence-electron chi connectivity index (χ0n) is 4.79. The average molecular weight is 121 g/mol. The van der Waals surface area contributed by atoms with E-state index < -0.39 is 0 Å². The second kappa shape index (κ2) is 0.981. The van der Waals surface area contributed by atoms with Gasteiger partial charge in [0.1, 0.15) is 5.60 Å². The van der Waals surface area contributed by atoms with Gasteiger partial charge < -0.3 is 4.74 Å². The summed E-state index contributed by atoms with van der Waals surface area (Å²) in [5.41, 5.74) is -0.0887. The van der Waals surface area contributed by atoms with Gasteiger partial charge in [0.25, 0.3) is 0 Å². The topological polar surface area (TPSA) is 12.5 Å². The zero-order chi connectivity index (χ0) is 5.71. The first kappa shape index (κ1) is 5.39. The largest absolute Gasteiger partial charge is 0.347 e. The number of alkyl halides is 1. The van der Waals surface area contributed by atoms with Gasteiger partial charge in [0.2, 0.25) is 0 Å². The zero-order valence-corrected chi connectivity index (χ0v) is 5.54. The van der Waals surface area contributed by atoms with Crippen LogP contribution in [-0.4, -0.2) is 10.7 Å².